The van der Waals surface area contributed by atoms with Crippen molar-refractivity contribution in [1.29, 1.82) is 0 Å². The van der Waals surface area contributed by atoms with E-state index in [0.29, 0.717) is 47.7 Å². The van der Waals surface area contributed by atoms with Gasteiger partial charge in [0.2, 0.25) is 0 Å². The van der Waals surface area contributed by atoms with Gasteiger partial charge in [0.1, 0.15) is 24.4 Å². The summed E-state index contributed by atoms with van der Waals surface area (Å²) in [6, 6.07) is 0. The van der Waals surface area contributed by atoms with Crippen molar-refractivity contribution in [2.24, 2.45) is 82.9 Å². The largest absolute Gasteiger partial charge is 0.468 e. The molecule has 0 radical (unpaired) electrons. The van der Waals surface area contributed by atoms with Crippen molar-refractivity contribution >= 4 is 35.8 Å². The molecule has 0 spiro atoms. The molecule has 0 N–H and O–H groups in total. The van der Waals surface area contributed by atoms with Crippen LogP contribution in [0.4, 0.5) is 0 Å². The highest BCUT2D eigenvalue weighted by Crippen LogP contribution is 2.45. The molecule has 13 nitrogen and oxygen atoms in total. The average Bonchev–Trinajstić information content (AvgIpc) is 3.82. The summed E-state index contributed by atoms with van der Waals surface area (Å²) in [4.78, 5) is 66.4. The van der Waals surface area contributed by atoms with E-state index in [9.17, 15) is 28.8 Å². The summed E-state index contributed by atoms with van der Waals surface area (Å²) in [6.07, 6.45) is 28.2. The van der Waals surface area contributed by atoms with Crippen LogP contribution in [0.5, 0.6) is 0 Å². The van der Waals surface area contributed by atoms with Gasteiger partial charge in [0.25, 0.3) is 0 Å². The van der Waals surface area contributed by atoms with Gasteiger partial charge in [0.05, 0.1) is 50.1 Å². The van der Waals surface area contributed by atoms with E-state index in [1.165, 1.54) is 85.4 Å². The molecular formula is C58H90O13. The van der Waals surface area contributed by atoms with E-state index in [1.807, 2.05) is 39.8 Å². The molecule has 71 heavy (non-hydrogen) atoms. The van der Waals surface area contributed by atoms with Crippen molar-refractivity contribution in [3.63, 3.8) is 0 Å². The molecule has 13 heteroatoms. The van der Waals surface area contributed by atoms with Crippen LogP contribution in [0.2, 0.25) is 0 Å². The molecule has 5 aliphatic heterocycles. The molecule has 400 valence electrons. The van der Waals surface area contributed by atoms with Crippen molar-refractivity contribution in [3.05, 3.63) is 38.0 Å². The first kappa shape index (κ1) is 57.9. The third-order valence-electron chi connectivity index (χ3n) is 18.1. The van der Waals surface area contributed by atoms with E-state index >= 15 is 0 Å². The van der Waals surface area contributed by atoms with Crippen molar-refractivity contribution in [1.82, 2.24) is 0 Å². The third kappa shape index (κ3) is 15.3. The zero-order valence-electron chi connectivity index (χ0n) is 44.7. The van der Waals surface area contributed by atoms with E-state index in [2.05, 4.69) is 49.1 Å². The number of carbonyl (C=O) groups excluding carboxylic acids is 6. The van der Waals surface area contributed by atoms with Gasteiger partial charge < -0.3 is 33.2 Å². The summed E-state index contributed by atoms with van der Waals surface area (Å²) in [6.45, 7) is 25.3. The van der Waals surface area contributed by atoms with Gasteiger partial charge in [-0.05, 0) is 133 Å². The Morgan fingerprint density at radius 1 is 0.479 bits per heavy atom. The zero-order chi connectivity index (χ0) is 52.1. The number of allylic oxidation sites excluding steroid dienone is 3. The lowest BCUT2D eigenvalue weighted by Crippen LogP contribution is -2.28. The van der Waals surface area contributed by atoms with E-state index in [0.717, 1.165) is 62.7 Å². The van der Waals surface area contributed by atoms with Crippen molar-refractivity contribution in [3.8, 4) is 0 Å². The molecule has 0 aromatic heterocycles. The van der Waals surface area contributed by atoms with Crippen LogP contribution in [-0.4, -0.2) is 86.7 Å². The molecule has 10 rings (SSSR count). The van der Waals surface area contributed by atoms with Gasteiger partial charge in [-0.15, -0.1) is 19.7 Å². The van der Waals surface area contributed by atoms with Gasteiger partial charge in [0, 0.05) is 23.7 Å². The Labute approximate surface area is 425 Å². The van der Waals surface area contributed by atoms with Crippen LogP contribution in [0.15, 0.2) is 38.0 Å². The predicted molar refractivity (Wildman–Crippen MR) is 270 cm³/mol. The molecule has 5 heterocycles. The molecule has 19 atom stereocenters. The number of carbonyl (C=O) groups is 6. The first-order valence-electron chi connectivity index (χ1n) is 27.4. The second-order valence-corrected chi connectivity index (χ2v) is 22.3. The number of hydrogen-bond acceptors (Lipinski definition) is 13. The molecule has 5 saturated carbocycles. The zero-order valence-corrected chi connectivity index (χ0v) is 44.7. The molecule has 0 aromatic rings. The maximum absolute atomic E-state index is 11.3. The van der Waals surface area contributed by atoms with Crippen LogP contribution < -0.4 is 0 Å². The summed E-state index contributed by atoms with van der Waals surface area (Å²) < 4.78 is 35.3. The van der Waals surface area contributed by atoms with Crippen molar-refractivity contribution in [2.75, 3.05) is 14.2 Å². The lowest BCUT2D eigenvalue weighted by atomic mass is 9.75. The minimum absolute atomic E-state index is 0.000266. The number of esters is 6. The normalized spacial score (nSPS) is 39.7. The third-order valence-corrected chi connectivity index (χ3v) is 18.1. The topological polar surface area (TPSA) is 170 Å². The summed E-state index contributed by atoms with van der Waals surface area (Å²) in [5.74, 6) is 4.11. The van der Waals surface area contributed by atoms with Gasteiger partial charge >= 0.3 is 35.8 Å². The Hall–Kier alpha value is -4.00. The van der Waals surface area contributed by atoms with Crippen LogP contribution in [-0.2, 0) is 61.9 Å². The molecular weight excluding hydrogens is 905 g/mol. The van der Waals surface area contributed by atoms with E-state index in [1.54, 1.807) is 0 Å². The summed E-state index contributed by atoms with van der Waals surface area (Å²) in [7, 11) is 2.45. The second-order valence-electron chi connectivity index (χ2n) is 22.3. The standard InChI is InChI=1S/C11H18O2.C11H16O2.C11H18O2.C11H16O2.C8H12O.C6H10O4/c2*1-3-8-4-5-10-9(6-8)7(2)11(12)13-10;2*1-3-8-4-5-9-7(2)11(12)13-10(9)6-8;1-2-6-3-4-7-8(5-6)9-7;1-4(5(7)9-2)6(8)10-3/h7-10H,3-6H2,1-2H3;3,7-10H,1,4-6H2,2H3;7-10H,3-6H2,1-2H3;3,7-10H,1,4-6H2,2H3;2,6-8H,1,3-5H2;4H,1-3H3. The molecule has 0 amide bonds. The molecule has 10 aliphatic rings. The van der Waals surface area contributed by atoms with Crippen LogP contribution in [0, 0.1) is 82.9 Å². The van der Waals surface area contributed by atoms with Crippen LogP contribution in [0.25, 0.3) is 0 Å². The minimum atomic E-state index is -0.824. The van der Waals surface area contributed by atoms with E-state index in [4.69, 9.17) is 23.7 Å². The molecule has 19 unspecified atom stereocenters. The molecule has 10 fully saturated rings. The minimum Gasteiger partial charge on any atom is -0.468 e. The van der Waals surface area contributed by atoms with Crippen LogP contribution in [0.3, 0.4) is 0 Å². The summed E-state index contributed by atoms with van der Waals surface area (Å²) >= 11 is 0. The van der Waals surface area contributed by atoms with Gasteiger partial charge in [-0.25, -0.2) is 0 Å². The van der Waals surface area contributed by atoms with Gasteiger partial charge in [-0.3, -0.25) is 28.8 Å². The number of rotatable bonds is 7. The lowest BCUT2D eigenvalue weighted by molar-refractivity contribution is -0.158. The quantitative estimate of drug-likeness (QED) is 0.0777. The van der Waals surface area contributed by atoms with Crippen molar-refractivity contribution in [2.45, 2.75) is 194 Å². The fourth-order valence-corrected chi connectivity index (χ4v) is 12.7. The van der Waals surface area contributed by atoms with Crippen molar-refractivity contribution < 1.29 is 61.9 Å². The smallest absolute Gasteiger partial charge is 0.319 e. The maximum Gasteiger partial charge on any atom is 0.319 e. The summed E-state index contributed by atoms with van der Waals surface area (Å²) in [5.41, 5.74) is 0. The predicted octanol–water partition coefficient (Wildman–Crippen LogP) is 10.8. The lowest BCUT2D eigenvalue weighted by Gasteiger charge is -2.30. The van der Waals surface area contributed by atoms with Gasteiger partial charge in [0.15, 0.2) is 5.92 Å². The van der Waals surface area contributed by atoms with Crippen LogP contribution >= 0.6 is 0 Å². The first-order chi connectivity index (χ1) is 33.9. The maximum atomic E-state index is 11.3. The number of ether oxygens (including phenoxy) is 7. The highest BCUT2D eigenvalue weighted by molar-refractivity contribution is 5.94. The van der Waals surface area contributed by atoms with E-state index in [-0.39, 0.29) is 72.0 Å². The Kier molecular flexibility index (Phi) is 22.3. The molecule has 0 aromatic carbocycles. The Bertz CT molecular complexity index is 1810. The number of hydrogen-bond donors (Lipinski definition) is 0. The van der Waals surface area contributed by atoms with Gasteiger partial charge in [-0.2, -0.15) is 0 Å². The monoisotopic (exact) mass is 995 g/mol. The van der Waals surface area contributed by atoms with E-state index < -0.39 is 17.9 Å². The second kappa shape index (κ2) is 27.3. The first-order valence-corrected chi connectivity index (χ1v) is 27.4. The molecule has 0 bridgehead atoms. The Morgan fingerprint density at radius 2 is 0.831 bits per heavy atom. The highest BCUT2D eigenvalue weighted by Gasteiger charge is 2.48. The number of fused-ring (bicyclic) bond motifs is 5. The SMILES string of the molecule is C=CC1CCC2C(C1)OC(=O)C2C.C=CC1CCC2OC(=O)C(C)C2C1.C=CC1CCC2OC2C1.CCC1CCC2C(C1)OC(=O)C2C.CCC1CCC2OC(=O)C(C)C2C1.COC(=O)C(C)C(=O)OC. The molecule has 5 saturated heterocycles. The fourth-order valence-electron chi connectivity index (χ4n) is 12.7. The number of epoxide rings is 1. The molecule has 5 aliphatic carbocycles. The van der Waals surface area contributed by atoms with Gasteiger partial charge in [-0.1, -0.05) is 72.6 Å². The van der Waals surface area contributed by atoms with Crippen LogP contribution in [0.1, 0.15) is 158 Å². The fraction of sp³-hybridized carbons (Fsp3) is 0.793. The number of methoxy groups -OCH3 is 2. The summed E-state index contributed by atoms with van der Waals surface area (Å²) in [5, 5.41) is 0. The average molecular weight is 995 g/mol. The Morgan fingerprint density at radius 3 is 1.30 bits per heavy atom. The highest BCUT2D eigenvalue weighted by atomic mass is 16.6. The Balaban J connectivity index is 0.000000159.